The lowest BCUT2D eigenvalue weighted by molar-refractivity contribution is -0.138. The number of aliphatic hydroxyl groups excluding tert-OH is 2. The van der Waals surface area contributed by atoms with Gasteiger partial charge in [0.05, 0.1) is 6.10 Å². The Morgan fingerprint density at radius 3 is 2.53 bits per heavy atom. The van der Waals surface area contributed by atoms with Crippen LogP contribution in [0.3, 0.4) is 0 Å². The topological polar surface area (TPSA) is 77.8 Å². The number of rotatable bonds is 3. The molecule has 0 saturated carbocycles. The predicted octanol–water partition coefficient (Wildman–Crippen LogP) is -0.0325. The van der Waals surface area contributed by atoms with E-state index in [-0.39, 0.29) is 11.8 Å². The van der Waals surface area contributed by atoms with Gasteiger partial charge in [-0.1, -0.05) is 6.08 Å². The van der Waals surface area contributed by atoms with Crippen LogP contribution < -0.4 is 0 Å². The number of carbonyl (C=O) groups excluding carboxylic acids is 2. The summed E-state index contributed by atoms with van der Waals surface area (Å²) in [7, 11) is 0. The molecular weight excluding hydrogens is 222 g/mol. The lowest BCUT2D eigenvalue weighted by Gasteiger charge is -2.26. The van der Waals surface area contributed by atoms with Gasteiger partial charge in [-0.2, -0.15) is 0 Å². The zero-order valence-electron chi connectivity index (χ0n) is 9.63. The van der Waals surface area contributed by atoms with Gasteiger partial charge in [0, 0.05) is 19.4 Å². The Hall–Kier alpha value is -1.20. The molecule has 2 amide bonds. The molecule has 0 aromatic carbocycles. The third-order valence-corrected chi connectivity index (χ3v) is 3.39. The van der Waals surface area contributed by atoms with Crippen LogP contribution in [0, 0.1) is 0 Å². The highest BCUT2D eigenvalue weighted by Gasteiger charge is 2.30. The Bertz CT molecular complexity index is 348. The highest BCUT2D eigenvalue weighted by atomic mass is 16.3. The molecule has 0 aromatic heterocycles. The number of nitrogens with zero attached hydrogens (tertiary/aromatic N) is 1. The molecule has 0 radical (unpaired) electrons. The molecule has 1 saturated heterocycles. The van der Waals surface area contributed by atoms with Crippen LogP contribution in [0.15, 0.2) is 11.6 Å². The Morgan fingerprint density at radius 2 is 1.88 bits per heavy atom. The second-order valence-corrected chi connectivity index (χ2v) is 4.56. The number of imide groups is 1. The average molecular weight is 239 g/mol. The first-order valence-corrected chi connectivity index (χ1v) is 5.98. The summed E-state index contributed by atoms with van der Waals surface area (Å²) in [4.78, 5) is 24.0. The summed E-state index contributed by atoms with van der Waals surface area (Å²) in [5.41, 5.74) is 0.733. The molecule has 0 bridgehead atoms. The molecule has 0 aromatic rings. The van der Waals surface area contributed by atoms with Crippen LogP contribution in [0.25, 0.3) is 0 Å². The Balaban J connectivity index is 1.92. The van der Waals surface area contributed by atoms with Gasteiger partial charge < -0.3 is 10.2 Å². The van der Waals surface area contributed by atoms with Crippen molar-refractivity contribution in [2.24, 2.45) is 0 Å². The third kappa shape index (κ3) is 2.56. The second-order valence-electron chi connectivity index (χ2n) is 4.56. The molecule has 5 heteroatoms. The summed E-state index contributed by atoms with van der Waals surface area (Å²) in [6.45, 7) is 0.313. The third-order valence-electron chi connectivity index (χ3n) is 3.39. The highest BCUT2D eigenvalue weighted by Crippen LogP contribution is 2.23. The van der Waals surface area contributed by atoms with Crippen molar-refractivity contribution in [3.63, 3.8) is 0 Å². The summed E-state index contributed by atoms with van der Waals surface area (Å²) in [5.74, 6) is -0.275. The summed E-state index contributed by atoms with van der Waals surface area (Å²) in [5, 5.41) is 19.2. The predicted molar refractivity (Wildman–Crippen MR) is 59.9 cm³/mol. The van der Waals surface area contributed by atoms with Gasteiger partial charge in [0.15, 0.2) is 0 Å². The zero-order valence-corrected chi connectivity index (χ0v) is 9.63. The van der Waals surface area contributed by atoms with E-state index in [4.69, 9.17) is 0 Å². The van der Waals surface area contributed by atoms with Crippen LogP contribution in [-0.4, -0.2) is 45.7 Å². The normalized spacial score (nSPS) is 29.8. The number of carbonyl (C=O) groups is 2. The number of hydrogen-bond acceptors (Lipinski definition) is 4. The smallest absolute Gasteiger partial charge is 0.229 e. The Morgan fingerprint density at radius 1 is 1.24 bits per heavy atom. The zero-order chi connectivity index (χ0) is 12.4. The molecule has 2 rings (SSSR count). The molecule has 1 aliphatic heterocycles. The molecule has 1 fully saturated rings. The fraction of sp³-hybridized carbons (Fsp3) is 0.667. The molecule has 1 heterocycles. The maximum absolute atomic E-state index is 11.4. The molecule has 0 spiro atoms. The average Bonchev–Trinajstić information content (AvgIpc) is 2.62. The molecule has 2 atom stereocenters. The number of likely N-dealkylation sites (tertiary alicyclic amines) is 1. The van der Waals surface area contributed by atoms with Crippen LogP contribution in [-0.2, 0) is 9.59 Å². The quantitative estimate of drug-likeness (QED) is 0.535. The number of amides is 2. The largest absolute Gasteiger partial charge is 0.390 e. The molecule has 0 unspecified atom stereocenters. The minimum atomic E-state index is -0.850. The van der Waals surface area contributed by atoms with Crippen LogP contribution in [0.4, 0.5) is 0 Å². The SMILES string of the molecule is O=C1CCC(=O)N1CCC1=CCC[C@H](O)[C@@H]1O. The lowest BCUT2D eigenvalue weighted by atomic mass is 9.92. The van der Waals surface area contributed by atoms with Crippen molar-refractivity contribution in [3.8, 4) is 0 Å². The van der Waals surface area contributed by atoms with Gasteiger partial charge in [-0.05, 0) is 24.8 Å². The maximum atomic E-state index is 11.4. The van der Waals surface area contributed by atoms with Crippen molar-refractivity contribution < 1.29 is 19.8 Å². The number of aliphatic hydroxyl groups is 2. The summed E-state index contributed by atoms with van der Waals surface area (Å²) >= 11 is 0. The standard InChI is InChI=1S/C12H17NO4/c14-9-3-1-2-8(12(9)17)6-7-13-10(15)4-5-11(13)16/h2,9,12,14,17H,1,3-7H2/t9-,12+/m0/s1. The van der Waals surface area contributed by atoms with E-state index < -0.39 is 12.2 Å². The van der Waals surface area contributed by atoms with Crippen molar-refractivity contribution in [3.05, 3.63) is 11.6 Å². The van der Waals surface area contributed by atoms with Gasteiger partial charge >= 0.3 is 0 Å². The summed E-state index contributed by atoms with van der Waals surface area (Å²) in [6, 6.07) is 0. The van der Waals surface area contributed by atoms with E-state index in [2.05, 4.69) is 0 Å². The molecule has 1 aliphatic carbocycles. The Kier molecular flexibility index (Phi) is 3.59. The van der Waals surface area contributed by atoms with E-state index in [9.17, 15) is 19.8 Å². The number of allylic oxidation sites excluding steroid dienone is 1. The van der Waals surface area contributed by atoms with Crippen molar-refractivity contribution in [2.75, 3.05) is 6.54 Å². The van der Waals surface area contributed by atoms with Gasteiger partial charge in [-0.15, -0.1) is 0 Å². The van der Waals surface area contributed by atoms with Crippen LogP contribution in [0.5, 0.6) is 0 Å². The molecule has 2 N–H and O–H groups in total. The van der Waals surface area contributed by atoms with Crippen LogP contribution in [0.1, 0.15) is 32.1 Å². The fourth-order valence-electron chi connectivity index (χ4n) is 2.33. The van der Waals surface area contributed by atoms with Crippen LogP contribution >= 0.6 is 0 Å². The van der Waals surface area contributed by atoms with E-state index in [1.807, 2.05) is 6.08 Å². The Labute approximate surface area is 99.7 Å². The van der Waals surface area contributed by atoms with E-state index in [1.165, 1.54) is 4.90 Å². The maximum Gasteiger partial charge on any atom is 0.229 e. The summed E-state index contributed by atoms with van der Waals surface area (Å²) in [6.07, 6.45) is 2.66. The van der Waals surface area contributed by atoms with Crippen LogP contribution in [0.2, 0.25) is 0 Å². The first-order valence-electron chi connectivity index (χ1n) is 5.98. The molecular formula is C12H17NO4. The molecule has 17 heavy (non-hydrogen) atoms. The number of hydrogen-bond donors (Lipinski definition) is 2. The fourth-order valence-corrected chi connectivity index (χ4v) is 2.33. The lowest BCUT2D eigenvalue weighted by Crippen LogP contribution is -2.34. The molecule has 5 nitrogen and oxygen atoms in total. The highest BCUT2D eigenvalue weighted by molar-refractivity contribution is 6.01. The van der Waals surface area contributed by atoms with Gasteiger partial charge in [0.25, 0.3) is 0 Å². The van der Waals surface area contributed by atoms with E-state index in [0.717, 1.165) is 12.0 Å². The first-order chi connectivity index (χ1) is 8.09. The minimum absolute atomic E-state index is 0.138. The second kappa shape index (κ2) is 4.98. The van der Waals surface area contributed by atoms with Crippen molar-refractivity contribution in [1.29, 1.82) is 0 Å². The van der Waals surface area contributed by atoms with Gasteiger partial charge in [-0.25, -0.2) is 0 Å². The van der Waals surface area contributed by atoms with Crippen molar-refractivity contribution in [1.82, 2.24) is 4.90 Å². The first kappa shape index (κ1) is 12.3. The summed E-state index contributed by atoms with van der Waals surface area (Å²) < 4.78 is 0. The van der Waals surface area contributed by atoms with Crippen molar-refractivity contribution >= 4 is 11.8 Å². The van der Waals surface area contributed by atoms with Crippen molar-refractivity contribution in [2.45, 2.75) is 44.3 Å². The minimum Gasteiger partial charge on any atom is -0.390 e. The van der Waals surface area contributed by atoms with Gasteiger partial charge in [0.2, 0.25) is 11.8 Å². The van der Waals surface area contributed by atoms with E-state index in [0.29, 0.717) is 32.2 Å². The van der Waals surface area contributed by atoms with Gasteiger partial charge in [-0.3, -0.25) is 14.5 Å². The van der Waals surface area contributed by atoms with E-state index in [1.54, 1.807) is 0 Å². The monoisotopic (exact) mass is 239 g/mol. The van der Waals surface area contributed by atoms with Gasteiger partial charge in [0.1, 0.15) is 6.10 Å². The van der Waals surface area contributed by atoms with E-state index >= 15 is 0 Å². The molecule has 94 valence electrons. The molecule has 2 aliphatic rings.